The van der Waals surface area contributed by atoms with E-state index in [2.05, 4.69) is 6.07 Å². The average molecular weight is 266 g/mol. The quantitative estimate of drug-likeness (QED) is 0.670. The minimum Gasteiger partial charge on any atom is -0.456 e. The van der Waals surface area contributed by atoms with Crippen LogP contribution in [0.15, 0.2) is 46.9 Å². The highest BCUT2D eigenvalue weighted by Crippen LogP contribution is 2.29. The van der Waals surface area contributed by atoms with E-state index in [1.54, 1.807) is 0 Å². The van der Waals surface area contributed by atoms with Crippen LogP contribution in [0.1, 0.15) is 26.3 Å². The molecule has 0 aliphatic heterocycles. The Bertz CT molecular complexity index is 788. The van der Waals surface area contributed by atoms with Gasteiger partial charge >= 0.3 is 0 Å². The molecule has 0 N–H and O–H groups in total. The Morgan fingerprint density at radius 2 is 1.70 bits per heavy atom. The topological polar surface area (TPSA) is 30.2 Å². The first-order valence-corrected chi connectivity index (χ1v) is 6.88. The van der Waals surface area contributed by atoms with Crippen LogP contribution in [0.25, 0.3) is 21.9 Å². The predicted octanol–water partition coefficient (Wildman–Crippen LogP) is 4.74. The molecule has 1 heterocycles. The van der Waals surface area contributed by atoms with Crippen molar-refractivity contribution in [3.63, 3.8) is 0 Å². The molecule has 2 nitrogen and oxygen atoms in total. The predicted molar refractivity (Wildman–Crippen MR) is 81.9 cm³/mol. The van der Waals surface area contributed by atoms with E-state index >= 15 is 0 Å². The summed E-state index contributed by atoms with van der Waals surface area (Å²) in [7, 11) is 0. The van der Waals surface area contributed by atoms with Gasteiger partial charge in [-0.2, -0.15) is 0 Å². The minimum atomic E-state index is -0.303. The van der Waals surface area contributed by atoms with E-state index < -0.39 is 0 Å². The molecule has 0 bridgehead atoms. The molecule has 0 atom stereocenters. The van der Waals surface area contributed by atoms with Crippen molar-refractivity contribution in [3.05, 3.63) is 48.0 Å². The van der Waals surface area contributed by atoms with E-state index in [1.807, 2.05) is 57.2 Å². The number of carbonyl (C=O) groups excluding carboxylic acids is 1. The van der Waals surface area contributed by atoms with Crippen molar-refractivity contribution in [2.75, 3.05) is 0 Å². The van der Waals surface area contributed by atoms with Crippen LogP contribution >= 0.6 is 0 Å². The number of Topliss-reactive ketones (excluding diaryl/α,β-unsaturated/α-hetero) is 1. The molecule has 3 aromatic rings. The summed E-state index contributed by atoms with van der Waals surface area (Å²) in [6, 6.07) is 14.1. The van der Waals surface area contributed by atoms with Crippen LogP contribution in [0.2, 0.25) is 0 Å². The Morgan fingerprint density at radius 1 is 1.00 bits per heavy atom. The van der Waals surface area contributed by atoms with Gasteiger partial charge in [-0.3, -0.25) is 4.79 Å². The Balaban J connectivity index is 2.03. The standard InChI is InChI=1S/C18H18O2/c1-18(2,3)17(19)11-12-8-9-14-13-6-4-5-7-15(13)20-16(14)10-12/h4-10H,11H2,1-3H3. The number of ketones is 1. The number of hydrogen-bond donors (Lipinski definition) is 0. The zero-order chi connectivity index (χ0) is 14.3. The first-order chi connectivity index (χ1) is 9.45. The van der Waals surface area contributed by atoms with E-state index in [0.717, 1.165) is 27.5 Å². The summed E-state index contributed by atoms with van der Waals surface area (Å²) < 4.78 is 5.85. The first kappa shape index (κ1) is 12.9. The van der Waals surface area contributed by atoms with Crippen LogP contribution in [-0.4, -0.2) is 5.78 Å². The zero-order valence-corrected chi connectivity index (χ0v) is 12.1. The largest absolute Gasteiger partial charge is 0.456 e. The van der Waals surface area contributed by atoms with Gasteiger partial charge in [-0.1, -0.05) is 51.1 Å². The van der Waals surface area contributed by atoms with Gasteiger partial charge in [0.15, 0.2) is 0 Å². The Morgan fingerprint density at radius 3 is 2.45 bits per heavy atom. The summed E-state index contributed by atoms with van der Waals surface area (Å²) in [6.07, 6.45) is 0.455. The lowest BCUT2D eigenvalue weighted by Crippen LogP contribution is -2.21. The van der Waals surface area contributed by atoms with E-state index in [4.69, 9.17) is 4.42 Å². The summed E-state index contributed by atoms with van der Waals surface area (Å²) >= 11 is 0. The Kier molecular flexibility index (Phi) is 2.89. The molecule has 2 heteroatoms. The van der Waals surface area contributed by atoms with Crippen molar-refractivity contribution in [1.82, 2.24) is 0 Å². The molecule has 2 aromatic carbocycles. The number of hydrogen-bond acceptors (Lipinski definition) is 2. The third-order valence-electron chi connectivity index (χ3n) is 3.64. The molecule has 0 saturated heterocycles. The molecule has 0 aliphatic carbocycles. The number of rotatable bonds is 2. The fraction of sp³-hybridized carbons (Fsp3) is 0.278. The molecule has 0 aliphatic rings. The normalized spacial score (nSPS) is 12.2. The maximum atomic E-state index is 12.1. The van der Waals surface area contributed by atoms with Crippen LogP contribution in [0.3, 0.4) is 0 Å². The molecule has 0 fully saturated rings. The Labute approximate surface area is 118 Å². The summed E-state index contributed by atoms with van der Waals surface area (Å²) in [5.74, 6) is 0.243. The number of para-hydroxylation sites is 1. The summed E-state index contributed by atoms with van der Waals surface area (Å²) in [6.45, 7) is 5.86. The number of benzene rings is 2. The second kappa shape index (κ2) is 4.48. The van der Waals surface area contributed by atoms with Crippen molar-refractivity contribution < 1.29 is 9.21 Å². The fourth-order valence-electron chi connectivity index (χ4n) is 2.33. The molecule has 0 amide bonds. The summed E-state index contributed by atoms with van der Waals surface area (Å²) in [5.41, 5.74) is 2.45. The van der Waals surface area contributed by atoms with Crippen LogP contribution in [0.4, 0.5) is 0 Å². The van der Waals surface area contributed by atoms with Crippen LogP contribution in [-0.2, 0) is 11.2 Å². The Hall–Kier alpha value is -2.09. The maximum Gasteiger partial charge on any atom is 0.142 e. The van der Waals surface area contributed by atoms with Gasteiger partial charge < -0.3 is 4.42 Å². The highest BCUT2D eigenvalue weighted by atomic mass is 16.3. The van der Waals surface area contributed by atoms with Crippen LogP contribution in [0, 0.1) is 5.41 Å². The van der Waals surface area contributed by atoms with Gasteiger partial charge in [-0.25, -0.2) is 0 Å². The smallest absolute Gasteiger partial charge is 0.142 e. The van der Waals surface area contributed by atoms with E-state index in [0.29, 0.717) is 6.42 Å². The van der Waals surface area contributed by atoms with Gasteiger partial charge in [-0.05, 0) is 17.7 Å². The van der Waals surface area contributed by atoms with Crippen molar-refractivity contribution in [3.8, 4) is 0 Å². The SMILES string of the molecule is CC(C)(C)C(=O)Cc1ccc2c(c1)oc1ccccc12. The molecular weight excluding hydrogens is 248 g/mol. The second-order valence-electron chi connectivity index (χ2n) is 6.28. The highest BCUT2D eigenvalue weighted by molar-refractivity contribution is 6.05. The van der Waals surface area contributed by atoms with Gasteiger partial charge in [0.2, 0.25) is 0 Å². The van der Waals surface area contributed by atoms with E-state index in [9.17, 15) is 4.79 Å². The minimum absolute atomic E-state index is 0.243. The molecule has 102 valence electrons. The van der Waals surface area contributed by atoms with E-state index in [1.165, 1.54) is 0 Å². The third-order valence-corrected chi connectivity index (χ3v) is 3.64. The van der Waals surface area contributed by atoms with Crippen LogP contribution < -0.4 is 0 Å². The molecule has 20 heavy (non-hydrogen) atoms. The molecule has 1 aromatic heterocycles. The third kappa shape index (κ3) is 2.22. The van der Waals surface area contributed by atoms with Crippen molar-refractivity contribution >= 4 is 27.7 Å². The first-order valence-electron chi connectivity index (χ1n) is 6.88. The zero-order valence-electron chi connectivity index (χ0n) is 12.1. The molecule has 0 spiro atoms. The highest BCUT2D eigenvalue weighted by Gasteiger charge is 2.21. The summed E-state index contributed by atoms with van der Waals surface area (Å²) in [4.78, 5) is 12.1. The number of fused-ring (bicyclic) bond motifs is 3. The monoisotopic (exact) mass is 266 g/mol. The fourth-order valence-corrected chi connectivity index (χ4v) is 2.33. The van der Waals surface area contributed by atoms with Gasteiger partial charge in [-0.15, -0.1) is 0 Å². The van der Waals surface area contributed by atoms with Gasteiger partial charge in [0.25, 0.3) is 0 Å². The maximum absolute atomic E-state index is 12.1. The number of furan rings is 1. The lowest BCUT2D eigenvalue weighted by atomic mass is 9.87. The molecule has 0 radical (unpaired) electrons. The van der Waals surface area contributed by atoms with Crippen molar-refractivity contribution in [1.29, 1.82) is 0 Å². The molecule has 0 unspecified atom stereocenters. The average Bonchev–Trinajstić information content (AvgIpc) is 2.75. The number of carbonyl (C=O) groups is 1. The molecule has 3 rings (SSSR count). The van der Waals surface area contributed by atoms with Crippen molar-refractivity contribution in [2.24, 2.45) is 5.41 Å². The van der Waals surface area contributed by atoms with Gasteiger partial charge in [0.1, 0.15) is 16.9 Å². The summed E-state index contributed by atoms with van der Waals surface area (Å²) in [5, 5.41) is 2.23. The molecule has 0 saturated carbocycles. The van der Waals surface area contributed by atoms with Gasteiger partial charge in [0.05, 0.1) is 0 Å². The second-order valence-corrected chi connectivity index (χ2v) is 6.28. The van der Waals surface area contributed by atoms with E-state index in [-0.39, 0.29) is 11.2 Å². The molecular formula is C18H18O2. The lowest BCUT2D eigenvalue weighted by Gasteiger charge is -2.16. The van der Waals surface area contributed by atoms with Crippen LogP contribution in [0.5, 0.6) is 0 Å². The van der Waals surface area contributed by atoms with Gasteiger partial charge in [0, 0.05) is 22.6 Å². The van der Waals surface area contributed by atoms with Crippen molar-refractivity contribution in [2.45, 2.75) is 27.2 Å². The lowest BCUT2D eigenvalue weighted by molar-refractivity contribution is -0.125.